The van der Waals surface area contributed by atoms with Gasteiger partial charge in [-0.15, -0.1) is 6.42 Å². The van der Waals surface area contributed by atoms with Crippen molar-refractivity contribution in [3.8, 4) is 12.3 Å². The molecule has 0 spiro atoms. The fourth-order valence-electron chi connectivity index (χ4n) is 1.62. The van der Waals surface area contributed by atoms with Crippen LogP contribution in [0.3, 0.4) is 0 Å². The predicted octanol–water partition coefficient (Wildman–Crippen LogP) is 0.740. The molecule has 0 radical (unpaired) electrons. The van der Waals surface area contributed by atoms with Crippen molar-refractivity contribution in [1.29, 1.82) is 0 Å². The van der Waals surface area contributed by atoms with E-state index in [9.17, 15) is 0 Å². The smallest absolute Gasteiger partial charge is 0.0688 e. The van der Waals surface area contributed by atoms with Gasteiger partial charge in [-0.05, 0) is 26.3 Å². The van der Waals surface area contributed by atoms with E-state index in [1.165, 1.54) is 6.42 Å². The molecule has 1 heterocycles. The molecule has 1 fully saturated rings. The number of hydrogen-bond donors (Lipinski definition) is 2. The van der Waals surface area contributed by atoms with Crippen LogP contribution in [0.1, 0.15) is 26.7 Å². The van der Waals surface area contributed by atoms with Crippen LogP contribution in [0.2, 0.25) is 0 Å². The van der Waals surface area contributed by atoms with E-state index in [0.29, 0.717) is 0 Å². The summed E-state index contributed by atoms with van der Waals surface area (Å²) >= 11 is 0. The molecule has 2 N–H and O–H groups in total. The molecular weight excluding hydrogens is 148 g/mol. The van der Waals surface area contributed by atoms with Crippen LogP contribution in [-0.4, -0.2) is 24.7 Å². The van der Waals surface area contributed by atoms with E-state index in [4.69, 9.17) is 6.42 Å². The number of hydrogen-bond acceptors (Lipinski definition) is 2. The van der Waals surface area contributed by atoms with E-state index in [0.717, 1.165) is 19.5 Å². The van der Waals surface area contributed by atoms with Gasteiger partial charge >= 0.3 is 0 Å². The highest BCUT2D eigenvalue weighted by molar-refractivity contribution is 5.04. The Labute approximate surface area is 75.1 Å². The van der Waals surface area contributed by atoms with Crippen LogP contribution >= 0.6 is 0 Å². The number of nitrogens with one attached hydrogen (secondary N) is 2. The van der Waals surface area contributed by atoms with Gasteiger partial charge in [0.1, 0.15) is 0 Å². The lowest BCUT2D eigenvalue weighted by atomic mass is 10.00. The predicted molar refractivity (Wildman–Crippen MR) is 51.9 cm³/mol. The summed E-state index contributed by atoms with van der Waals surface area (Å²) in [7, 11) is 0. The Bertz CT molecular complexity index is 175. The molecule has 0 aliphatic carbocycles. The summed E-state index contributed by atoms with van der Waals surface area (Å²) < 4.78 is 0. The Morgan fingerprint density at radius 2 is 2.50 bits per heavy atom. The van der Waals surface area contributed by atoms with Crippen LogP contribution in [-0.2, 0) is 0 Å². The fraction of sp³-hybridized carbons (Fsp3) is 0.800. The second-order valence-electron chi connectivity index (χ2n) is 3.76. The molecule has 12 heavy (non-hydrogen) atoms. The third-order valence-corrected chi connectivity index (χ3v) is 2.50. The van der Waals surface area contributed by atoms with Crippen LogP contribution in [0.5, 0.6) is 0 Å². The maximum Gasteiger partial charge on any atom is 0.0688 e. The first kappa shape index (κ1) is 9.57. The van der Waals surface area contributed by atoms with E-state index in [1.807, 2.05) is 0 Å². The van der Waals surface area contributed by atoms with Crippen LogP contribution in [0.15, 0.2) is 0 Å². The van der Waals surface area contributed by atoms with Gasteiger partial charge in [-0.25, -0.2) is 0 Å². The molecule has 1 saturated heterocycles. The topological polar surface area (TPSA) is 24.1 Å². The number of rotatable bonds is 3. The van der Waals surface area contributed by atoms with Gasteiger partial charge in [0.25, 0.3) is 0 Å². The zero-order valence-electron chi connectivity index (χ0n) is 7.98. The first-order chi connectivity index (χ1) is 5.70. The van der Waals surface area contributed by atoms with E-state index < -0.39 is 0 Å². The van der Waals surface area contributed by atoms with E-state index in [1.54, 1.807) is 0 Å². The molecule has 68 valence electrons. The summed E-state index contributed by atoms with van der Waals surface area (Å²) in [4.78, 5) is 0. The van der Waals surface area contributed by atoms with Gasteiger partial charge in [-0.1, -0.05) is 12.8 Å². The Morgan fingerprint density at radius 3 is 2.92 bits per heavy atom. The standard InChI is InChI=1S/C10H18N2/c1-4-9(5-2)12-10(3)6-7-11-8-10/h1,9,11-12H,5-8H2,2-3H3. The maximum absolute atomic E-state index is 5.39. The van der Waals surface area contributed by atoms with Crippen molar-refractivity contribution in [3.63, 3.8) is 0 Å². The first-order valence-corrected chi connectivity index (χ1v) is 4.65. The van der Waals surface area contributed by atoms with Crippen molar-refractivity contribution < 1.29 is 0 Å². The quantitative estimate of drug-likeness (QED) is 0.604. The molecule has 0 aromatic heterocycles. The van der Waals surface area contributed by atoms with Crippen LogP contribution in [0, 0.1) is 12.3 Å². The molecule has 2 unspecified atom stereocenters. The summed E-state index contributed by atoms with van der Waals surface area (Å²) in [6, 6.07) is 0.231. The average Bonchev–Trinajstić information content (AvgIpc) is 2.48. The van der Waals surface area contributed by atoms with Gasteiger partial charge in [0, 0.05) is 12.1 Å². The third kappa shape index (κ3) is 2.23. The average molecular weight is 166 g/mol. The first-order valence-electron chi connectivity index (χ1n) is 4.65. The summed E-state index contributed by atoms with van der Waals surface area (Å²) in [5.74, 6) is 2.76. The SMILES string of the molecule is C#CC(CC)NC1(C)CCNC1. The van der Waals surface area contributed by atoms with Crippen molar-refractivity contribution in [1.82, 2.24) is 10.6 Å². The lowest BCUT2D eigenvalue weighted by Crippen LogP contribution is -2.48. The minimum absolute atomic E-state index is 0.215. The highest BCUT2D eigenvalue weighted by Gasteiger charge is 2.29. The van der Waals surface area contributed by atoms with Crippen molar-refractivity contribution in [3.05, 3.63) is 0 Å². The highest BCUT2D eigenvalue weighted by Crippen LogP contribution is 2.14. The van der Waals surface area contributed by atoms with Crippen molar-refractivity contribution in [2.24, 2.45) is 0 Å². The van der Waals surface area contributed by atoms with Crippen molar-refractivity contribution >= 4 is 0 Å². The molecule has 0 saturated carbocycles. The molecule has 1 aliphatic rings. The van der Waals surface area contributed by atoms with Gasteiger partial charge in [0.05, 0.1) is 6.04 Å². The second-order valence-corrected chi connectivity index (χ2v) is 3.76. The molecule has 2 atom stereocenters. The second kappa shape index (κ2) is 3.93. The van der Waals surface area contributed by atoms with Gasteiger partial charge in [-0.3, -0.25) is 5.32 Å². The largest absolute Gasteiger partial charge is 0.315 e. The van der Waals surface area contributed by atoms with E-state index in [-0.39, 0.29) is 11.6 Å². The van der Waals surface area contributed by atoms with E-state index >= 15 is 0 Å². The molecule has 1 aliphatic heterocycles. The summed E-state index contributed by atoms with van der Waals surface area (Å²) in [6.07, 6.45) is 7.57. The summed E-state index contributed by atoms with van der Waals surface area (Å²) in [6.45, 7) is 6.48. The van der Waals surface area contributed by atoms with Crippen molar-refractivity contribution in [2.45, 2.75) is 38.3 Å². The highest BCUT2D eigenvalue weighted by atomic mass is 15.1. The molecule has 0 amide bonds. The molecule has 1 rings (SSSR count). The van der Waals surface area contributed by atoms with Crippen LogP contribution in [0.25, 0.3) is 0 Å². The van der Waals surface area contributed by atoms with Gasteiger partial charge in [-0.2, -0.15) is 0 Å². The lowest BCUT2D eigenvalue weighted by Gasteiger charge is -2.27. The van der Waals surface area contributed by atoms with Gasteiger partial charge in [0.2, 0.25) is 0 Å². The molecule has 2 heteroatoms. The fourth-order valence-corrected chi connectivity index (χ4v) is 1.62. The molecule has 0 aromatic carbocycles. The Kier molecular flexibility index (Phi) is 3.13. The van der Waals surface area contributed by atoms with Crippen molar-refractivity contribution in [2.75, 3.05) is 13.1 Å². The molecular formula is C10H18N2. The third-order valence-electron chi connectivity index (χ3n) is 2.50. The van der Waals surface area contributed by atoms with Crippen LogP contribution in [0.4, 0.5) is 0 Å². The van der Waals surface area contributed by atoms with E-state index in [2.05, 4.69) is 30.4 Å². The zero-order valence-corrected chi connectivity index (χ0v) is 7.98. The Hall–Kier alpha value is -0.520. The Balaban J connectivity index is 2.43. The number of terminal acetylenes is 1. The molecule has 0 bridgehead atoms. The minimum Gasteiger partial charge on any atom is -0.315 e. The summed E-state index contributed by atoms with van der Waals surface area (Å²) in [5.41, 5.74) is 0.215. The zero-order chi connectivity index (χ0) is 9.03. The normalized spacial score (nSPS) is 31.4. The summed E-state index contributed by atoms with van der Waals surface area (Å²) in [5, 5.41) is 6.83. The lowest BCUT2D eigenvalue weighted by molar-refractivity contribution is 0.359. The minimum atomic E-state index is 0.215. The maximum atomic E-state index is 5.39. The van der Waals surface area contributed by atoms with Gasteiger partial charge in [0.15, 0.2) is 0 Å². The Morgan fingerprint density at radius 1 is 1.75 bits per heavy atom. The van der Waals surface area contributed by atoms with Crippen LogP contribution < -0.4 is 10.6 Å². The molecule has 0 aromatic rings. The molecule has 2 nitrogen and oxygen atoms in total. The van der Waals surface area contributed by atoms with Gasteiger partial charge < -0.3 is 5.32 Å². The monoisotopic (exact) mass is 166 g/mol.